The summed E-state index contributed by atoms with van der Waals surface area (Å²) >= 11 is 0. The molecule has 3 rings (SSSR count). The van der Waals surface area contributed by atoms with Crippen molar-refractivity contribution >= 4 is 37.7 Å². The molecular weight excluding hydrogens is 464 g/mol. The second kappa shape index (κ2) is 8.70. The first-order valence-electron chi connectivity index (χ1n) is 9.00. The highest BCUT2D eigenvalue weighted by molar-refractivity contribution is 7.87. The molecule has 3 N–H and O–H groups in total. The van der Waals surface area contributed by atoms with Gasteiger partial charge in [0.25, 0.3) is 21.9 Å². The van der Waals surface area contributed by atoms with Crippen LogP contribution in [0.1, 0.15) is 5.56 Å². The van der Waals surface area contributed by atoms with Crippen LogP contribution in [0, 0.1) is 6.92 Å². The summed E-state index contributed by atoms with van der Waals surface area (Å²) in [6.45, 7) is 1.05. The van der Waals surface area contributed by atoms with Crippen molar-refractivity contribution in [2.24, 2.45) is 0 Å². The zero-order valence-electron chi connectivity index (χ0n) is 16.5. The molecule has 13 heteroatoms. The number of imide groups is 1. The molecule has 0 radical (unpaired) electrons. The minimum Gasteiger partial charge on any atom is -0.395 e. The summed E-state index contributed by atoms with van der Waals surface area (Å²) < 4.78 is 63.2. The number of aliphatic hydroxyl groups is 1. The van der Waals surface area contributed by atoms with Crippen LogP contribution in [-0.4, -0.2) is 56.4 Å². The predicted molar refractivity (Wildman–Crippen MR) is 111 cm³/mol. The number of carbonyl (C=O) groups excluding carboxylic acids is 2. The molecule has 0 saturated carbocycles. The van der Waals surface area contributed by atoms with Crippen molar-refractivity contribution in [3.8, 4) is 5.75 Å². The fraction of sp³-hybridized carbons (Fsp3) is 0.158. The number of aryl methyl sites for hydroxylation is 1. The fourth-order valence-corrected chi connectivity index (χ4v) is 4.39. The zero-order valence-corrected chi connectivity index (χ0v) is 18.2. The first-order valence-corrected chi connectivity index (χ1v) is 11.9. The molecule has 0 atom stereocenters. The number of rotatable bonds is 8. The van der Waals surface area contributed by atoms with Gasteiger partial charge in [0.15, 0.2) is 0 Å². The van der Waals surface area contributed by atoms with Crippen molar-refractivity contribution < 1.29 is 40.3 Å². The molecule has 2 aromatic rings. The van der Waals surface area contributed by atoms with Crippen molar-refractivity contribution in [2.45, 2.75) is 16.7 Å². The highest BCUT2D eigenvalue weighted by atomic mass is 32.2. The second-order valence-electron chi connectivity index (χ2n) is 6.69. The zero-order chi connectivity index (χ0) is 23.7. The number of hydrogen-bond acceptors (Lipinski definition) is 9. The van der Waals surface area contributed by atoms with Gasteiger partial charge in [0.2, 0.25) is 0 Å². The Bertz CT molecular complexity index is 1320. The predicted octanol–water partition coefficient (Wildman–Crippen LogP) is 0.666. The first-order chi connectivity index (χ1) is 14.9. The normalized spacial score (nSPS) is 14.5. The fourth-order valence-electron chi connectivity index (χ4n) is 2.81. The SMILES string of the molecule is Cc1ccc(S(=O)(=O)Oc2ccc(NC3=CC(=O)N(CCO)C3=O)c(S(=O)(=O)O)c2)cc1. The van der Waals surface area contributed by atoms with Gasteiger partial charge in [-0.2, -0.15) is 16.8 Å². The van der Waals surface area contributed by atoms with E-state index in [2.05, 4.69) is 5.32 Å². The van der Waals surface area contributed by atoms with Crippen LogP contribution in [0.5, 0.6) is 5.75 Å². The minimum absolute atomic E-state index is 0.164. The molecule has 0 unspecified atom stereocenters. The number of aliphatic hydroxyl groups excluding tert-OH is 1. The standard InChI is InChI=1S/C19H18N2O9S2/c1-12-2-5-14(6-3-12)32(28,29)30-13-4-7-15(17(10-13)31(25,26)27)20-16-11-18(23)21(8-9-22)19(16)24/h2-7,10-11,20,22H,8-9H2,1H3,(H,25,26,27). The summed E-state index contributed by atoms with van der Waals surface area (Å²) in [5.74, 6) is -1.94. The Balaban J connectivity index is 1.92. The Kier molecular flexibility index (Phi) is 6.37. The third-order valence-electron chi connectivity index (χ3n) is 4.35. The van der Waals surface area contributed by atoms with Crippen molar-refractivity contribution in [3.63, 3.8) is 0 Å². The number of hydrogen-bond donors (Lipinski definition) is 3. The average molecular weight is 482 g/mol. The molecule has 1 aliphatic heterocycles. The van der Waals surface area contributed by atoms with Gasteiger partial charge in [-0.1, -0.05) is 17.7 Å². The van der Waals surface area contributed by atoms with Gasteiger partial charge in [-0.3, -0.25) is 19.0 Å². The molecule has 32 heavy (non-hydrogen) atoms. The second-order valence-corrected chi connectivity index (χ2v) is 9.62. The lowest BCUT2D eigenvalue weighted by Crippen LogP contribution is -2.34. The smallest absolute Gasteiger partial charge is 0.339 e. The van der Waals surface area contributed by atoms with Crippen molar-refractivity contribution in [3.05, 3.63) is 59.8 Å². The quantitative estimate of drug-likeness (QED) is 0.276. The Morgan fingerprint density at radius 3 is 2.28 bits per heavy atom. The highest BCUT2D eigenvalue weighted by Crippen LogP contribution is 2.30. The number of nitrogens with zero attached hydrogens (tertiary/aromatic N) is 1. The molecule has 1 heterocycles. The first kappa shape index (κ1) is 23.4. The van der Waals surface area contributed by atoms with Crippen LogP contribution in [0.3, 0.4) is 0 Å². The van der Waals surface area contributed by atoms with E-state index in [-0.39, 0.29) is 22.8 Å². The molecule has 0 aliphatic carbocycles. The average Bonchev–Trinajstić information content (AvgIpc) is 2.96. The molecule has 2 aromatic carbocycles. The van der Waals surface area contributed by atoms with Crippen LogP contribution in [-0.2, 0) is 29.8 Å². The molecule has 170 valence electrons. The van der Waals surface area contributed by atoms with Crippen LogP contribution >= 0.6 is 0 Å². The molecule has 0 saturated heterocycles. The van der Waals surface area contributed by atoms with Crippen molar-refractivity contribution in [1.82, 2.24) is 4.90 Å². The summed E-state index contributed by atoms with van der Waals surface area (Å²) in [4.78, 5) is 23.9. The van der Waals surface area contributed by atoms with E-state index in [9.17, 15) is 31.0 Å². The van der Waals surface area contributed by atoms with Crippen LogP contribution < -0.4 is 9.50 Å². The summed E-state index contributed by atoms with van der Waals surface area (Å²) in [6.07, 6.45) is 0.901. The van der Waals surface area contributed by atoms with Gasteiger partial charge in [0.05, 0.1) is 18.8 Å². The number of benzene rings is 2. The minimum atomic E-state index is -4.89. The molecule has 11 nitrogen and oxygen atoms in total. The van der Waals surface area contributed by atoms with E-state index in [1.807, 2.05) is 0 Å². The maximum Gasteiger partial charge on any atom is 0.339 e. The van der Waals surface area contributed by atoms with Crippen molar-refractivity contribution in [2.75, 3.05) is 18.5 Å². The van der Waals surface area contributed by atoms with Gasteiger partial charge < -0.3 is 14.6 Å². The third-order valence-corrected chi connectivity index (χ3v) is 6.50. The Morgan fingerprint density at radius 1 is 1.03 bits per heavy atom. The van der Waals surface area contributed by atoms with E-state index >= 15 is 0 Å². The van der Waals surface area contributed by atoms with Crippen LogP contribution in [0.2, 0.25) is 0 Å². The number of β-amino-alcohol motifs (C(OH)–C–C–N with tert-alkyl or cyclic N) is 1. The Labute approximate surface area is 183 Å². The monoisotopic (exact) mass is 482 g/mol. The topological polar surface area (TPSA) is 167 Å². The molecule has 0 fully saturated rings. The largest absolute Gasteiger partial charge is 0.395 e. The van der Waals surface area contributed by atoms with E-state index < -0.39 is 49.3 Å². The molecule has 1 aliphatic rings. The Morgan fingerprint density at radius 2 is 1.69 bits per heavy atom. The van der Waals surface area contributed by atoms with Gasteiger partial charge >= 0.3 is 10.1 Å². The van der Waals surface area contributed by atoms with E-state index in [1.54, 1.807) is 19.1 Å². The molecular formula is C19H18N2O9S2. The lowest BCUT2D eigenvalue weighted by atomic mass is 10.2. The van der Waals surface area contributed by atoms with E-state index in [0.717, 1.165) is 34.7 Å². The molecule has 0 spiro atoms. The summed E-state index contributed by atoms with van der Waals surface area (Å²) in [5, 5.41) is 11.4. The maximum atomic E-state index is 12.4. The highest BCUT2D eigenvalue weighted by Gasteiger charge is 2.32. The third kappa shape index (κ3) is 4.96. The Hall–Kier alpha value is -3.26. The molecule has 0 aromatic heterocycles. The lowest BCUT2D eigenvalue weighted by Gasteiger charge is -2.15. The molecule has 2 amide bonds. The summed E-state index contributed by atoms with van der Waals surface area (Å²) in [5.41, 5.74) is 0.222. The maximum absolute atomic E-state index is 12.4. The van der Waals surface area contributed by atoms with Crippen LogP contribution in [0.15, 0.2) is 64.0 Å². The van der Waals surface area contributed by atoms with Gasteiger partial charge in [0.1, 0.15) is 21.2 Å². The van der Waals surface area contributed by atoms with Crippen LogP contribution in [0.4, 0.5) is 5.69 Å². The number of amides is 2. The van der Waals surface area contributed by atoms with Gasteiger partial charge in [-0.05, 0) is 31.2 Å². The summed E-state index contributed by atoms with van der Waals surface area (Å²) in [6, 6.07) is 8.68. The number of anilines is 1. The number of carbonyl (C=O) groups is 2. The van der Waals surface area contributed by atoms with E-state index in [1.165, 1.54) is 12.1 Å². The van der Waals surface area contributed by atoms with Crippen LogP contribution in [0.25, 0.3) is 0 Å². The van der Waals surface area contributed by atoms with Crippen molar-refractivity contribution in [1.29, 1.82) is 0 Å². The van der Waals surface area contributed by atoms with Gasteiger partial charge in [-0.15, -0.1) is 0 Å². The lowest BCUT2D eigenvalue weighted by molar-refractivity contribution is -0.137. The van der Waals surface area contributed by atoms with Gasteiger partial charge in [0, 0.05) is 12.1 Å². The van der Waals surface area contributed by atoms with E-state index in [0.29, 0.717) is 0 Å². The number of nitrogens with one attached hydrogen (secondary N) is 1. The summed E-state index contributed by atoms with van der Waals surface area (Å²) in [7, 11) is -9.19. The molecule has 0 bridgehead atoms. The van der Waals surface area contributed by atoms with E-state index in [4.69, 9.17) is 9.29 Å². The van der Waals surface area contributed by atoms with Gasteiger partial charge in [-0.25, -0.2) is 0 Å².